The smallest absolute Gasteiger partial charge is 0.268 e. The Hall–Kier alpha value is -2.64. The Morgan fingerprint density at radius 1 is 1.00 bits per heavy atom. The molecule has 0 spiro atoms. The van der Waals surface area contributed by atoms with Crippen molar-refractivity contribution in [2.24, 2.45) is 0 Å². The van der Waals surface area contributed by atoms with Crippen LogP contribution in [0.3, 0.4) is 0 Å². The summed E-state index contributed by atoms with van der Waals surface area (Å²) < 4.78 is 47.5. The SMILES string of the molecule is [CH2]c1cc(-c2ccccc2F)n(S(=O)(=O)c2cccc(N3CCOCC3)c2)c1. The van der Waals surface area contributed by atoms with Gasteiger partial charge >= 0.3 is 0 Å². The highest BCUT2D eigenvalue weighted by Crippen LogP contribution is 2.30. The first kappa shape index (κ1) is 18.7. The van der Waals surface area contributed by atoms with Crippen molar-refractivity contribution in [2.45, 2.75) is 4.90 Å². The molecule has 1 radical (unpaired) electrons. The van der Waals surface area contributed by atoms with Crippen molar-refractivity contribution in [1.82, 2.24) is 3.97 Å². The fraction of sp³-hybridized carbons (Fsp3) is 0.190. The maximum absolute atomic E-state index is 14.3. The number of ether oxygens (including phenoxy) is 1. The lowest BCUT2D eigenvalue weighted by molar-refractivity contribution is 0.122. The molecule has 0 bridgehead atoms. The van der Waals surface area contributed by atoms with Gasteiger partial charge in [0.15, 0.2) is 0 Å². The first-order valence-corrected chi connectivity index (χ1v) is 10.4. The van der Waals surface area contributed by atoms with Gasteiger partial charge in [-0.3, -0.25) is 0 Å². The average molecular weight is 399 g/mol. The van der Waals surface area contributed by atoms with Gasteiger partial charge in [0, 0.05) is 30.5 Å². The van der Waals surface area contributed by atoms with Gasteiger partial charge in [-0.1, -0.05) is 18.2 Å². The molecular formula is C21H20FN2O3S. The summed E-state index contributed by atoms with van der Waals surface area (Å²) in [5, 5.41) is 0. The van der Waals surface area contributed by atoms with Crippen molar-refractivity contribution in [3.63, 3.8) is 0 Å². The summed E-state index contributed by atoms with van der Waals surface area (Å²) in [5.74, 6) is -0.487. The second kappa shape index (κ2) is 7.41. The first-order valence-electron chi connectivity index (χ1n) is 8.94. The van der Waals surface area contributed by atoms with E-state index in [0.717, 1.165) is 9.66 Å². The summed E-state index contributed by atoms with van der Waals surface area (Å²) in [5.41, 5.74) is 1.77. The van der Waals surface area contributed by atoms with Crippen LogP contribution in [0.5, 0.6) is 0 Å². The number of halogens is 1. The largest absolute Gasteiger partial charge is 0.378 e. The lowest BCUT2D eigenvalue weighted by atomic mass is 10.1. The number of hydrogen-bond donors (Lipinski definition) is 0. The van der Waals surface area contributed by atoms with Crippen LogP contribution in [-0.2, 0) is 14.8 Å². The number of nitrogens with zero attached hydrogens (tertiary/aromatic N) is 2. The third kappa shape index (κ3) is 3.43. The molecule has 0 amide bonds. The van der Waals surface area contributed by atoms with Crippen molar-refractivity contribution >= 4 is 15.7 Å². The Bertz CT molecular complexity index is 1100. The summed E-state index contributed by atoms with van der Waals surface area (Å²) in [4.78, 5) is 2.23. The number of aromatic nitrogens is 1. The molecule has 1 fully saturated rings. The van der Waals surface area contributed by atoms with Crippen LogP contribution in [0.4, 0.5) is 10.1 Å². The van der Waals surface area contributed by atoms with Crippen LogP contribution in [0.25, 0.3) is 11.3 Å². The lowest BCUT2D eigenvalue weighted by Gasteiger charge is -2.29. The average Bonchev–Trinajstić information content (AvgIpc) is 3.11. The summed E-state index contributed by atoms with van der Waals surface area (Å²) >= 11 is 0. The minimum atomic E-state index is -3.92. The summed E-state index contributed by atoms with van der Waals surface area (Å²) in [6.45, 7) is 6.45. The third-order valence-electron chi connectivity index (χ3n) is 4.74. The monoisotopic (exact) mass is 399 g/mol. The zero-order valence-corrected chi connectivity index (χ0v) is 16.0. The molecule has 0 N–H and O–H groups in total. The predicted molar refractivity (Wildman–Crippen MR) is 106 cm³/mol. The minimum absolute atomic E-state index is 0.143. The van der Waals surface area contributed by atoms with E-state index in [9.17, 15) is 12.8 Å². The summed E-state index contributed by atoms with van der Waals surface area (Å²) in [7, 11) is -3.92. The van der Waals surface area contributed by atoms with Gasteiger partial charge in [-0.2, -0.15) is 0 Å². The fourth-order valence-corrected chi connectivity index (χ4v) is 4.77. The van der Waals surface area contributed by atoms with Crippen molar-refractivity contribution in [2.75, 3.05) is 31.2 Å². The van der Waals surface area contributed by atoms with Gasteiger partial charge in [0.2, 0.25) is 0 Å². The number of hydrogen-bond acceptors (Lipinski definition) is 4. The van der Waals surface area contributed by atoms with E-state index in [0.29, 0.717) is 31.9 Å². The Morgan fingerprint density at radius 2 is 1.75 bits per heavy atom. The standard InChI is InChI=1S/C21H20FN2O3S/c1-16-13-21(19-7-2-3-8-20(19)22)24(15-16)28(25,26)18-6-4-5-17(14-18)23-9-11-27-12-10-23/h2-8,13-15H,1,9-12H2. The summed E-state index contributed by atoms with van der Waals surface area (Å²) in [6.07, 6.45) is 1.42. The highest BCUT2D eigenvalue weighted by Gasteiger charge is 2.23. The molecule has 1 aliphatic heterocycles. The van der Waals surface area contributed by atoms with Crippen LogP contribution in [0.1, 0.15) is 5.56 Å². The van der Waals surface area contributed by atoms with Gasteiger partial charge in [-0.15, -0.1) is 0 Å². The maximum atomic E-state index is 14.3. The van der Waals surface area contributed by atoms with E-state index in [4.69, 9.17) is 4.74 Å². The Kier molecular flexibility index (Phi) is 4.95. The highest BCUT2D eigenvalue weighted by molar-refractivity contribution is 7.90. The molecule has 2 aromatic carbocycles. The van der Waals surface area contributed by atoms with E-state index in [2.05, 4.69) is 11.8 Å². The number of rotatable bonds is 4. The second-order valence-electron chi connectivity index (χ2n) is 6.61. The topological polar surface area (TPSA) is 51.5 Å². The second-order valence-corrected chi connectivity index (χ2v) is 8.43. The summed E-state index contributed by atoms with van der Waals surface area (Å²) in [6, 6.07) is 14.5. The van der Waals surface area contributed by atoms with Gasteiger partial charge in [-0.25, -0.2) is 16.8 Å². The molecule has 7 heteroatoms. The van der Waals surface area contributed by atoms with E-state index in [1.54, 1.807) is 42.5 Å². The van der Waals surface area contributed by atoms with Crippen molar-refractivity contribution in [3.05, 3.63) is 79.1 Å². The zero-order chi connectivity index (χ0) is 19.7. The minimum Gasteiger partial charge on any atom is -0.378 e. The van der Waals surface area contributed by atoms with Gasteiger partial charge in [0.25, 0.3) is 10.0 Å². The van der Waals surface area contributed by atoms with Crippen LogP contribution in [-0.4, -0.2) is 38.7 Å². The molecule has 0 saturated carbocycles. The lowest BCUT2D eigenvalue weighted by Crippen LogP contribution is -2.36. The quantitative estimate of drug-likeness (QED) is 0.673. The van der Waals surface area contributed by atoms with Crippen LogP contribution in [0.15, 0.2) is 65.7 Å². The molecule has 2 heterocycles. The maximum Gasteiger partial charge on any atom is 0.268 e. The number of morpholine rings is 1. The molecule has 3 aromatic rings. The van der Waals surface area contributed by atoms with Crippen molar-refractivity contribution < 1.29 is 17.5 Å². The van der Waals surface area contributed by atoms with Gasteiger partial charge in [-0.05, 0) is 48.9 Å². The van der Waals surface area contributed by atoms with Crippen LogP contribution in [0, 0.1) is 12.7 Å². The predicted octanol–water partition coefficient (Wildman–Crippen LogP) is 3.55. The normalized spacial score (nSPS) is 15.0. The van der Waals surface area contributed by atoms with E-state index >= 15 is 0 Å². The van der Waals surface area contributed by atoms with E-state index in [-0.39, 0.29) is 16.2 Å². The number of benzene rings is 2. The van der Waals surface area contributed by atoms with Crippen molar-refractivity contribution in [1.29, 1.82) is 0 Å². The first-order chi connectivity index (χ1) is 13.5. The van der Waals surface area contributed by atoms with Crippen LogP contribution < -0.4 is 4.90 Å². The Balaban J connectivity index is 1.79. The van der Waals surface area contributed by atoms with E-state index in [1.165, 1.54) is 12.3 Å². The van der Waals surface area contributed by atoms with Gasteiger partial charge in [0.1, 0.15) is 5.82 Å². The molecule has 28 heavy (non-hydrogen) atoms. The van der Waals surface area contributed by atoms with Crippen LogP contribution >= 0.6 is 0 Å². The molecule has 1 saturated heterocycles. The molecule has 145 valence electrons. The zero-order valence-electron chi connectivity index (χ0n) is 15.2. The fourth-order valence-electron chi connectivity index (χ4n) is 3.34. The molecule has 0 unspecified atom stereocenters. The van der Waals surface area contributed by atoms with Crippen molar-refractivity contribution in [3.8, 4) is 11.3 Å². The van der Waals surface area contributed by atoms with E-state index < -0.39 is 15.8 Å². The molecular weight excluding hydrogens is 379 g/mol. The Morgan fingerprint density at radius 3 is 2.50 bits per heavy atom. The molecule has 1 aromatic heterocycles. The van der Waals surface area contributed by atoms with E-state index in [1.807, 2.05) is 6.07 Å². The highest BCUT2D eigenvalue weighted by atomic mass is 32.2. The van der Waals surface area contributed by atoms with Crippen LogP contribution in [0.2, 0.25) is 0 Å². The van der Waals surface area contributed by atoms with Gasteiger partial charge < -0.3 is 9.64 Å². The Labute approximate surface area is 164 Å². The molecule has 5 nitrogen and oxygen atoms in total. The van der Waals surface area contributed by atoms with Gasteiger partial charge in [0.05, 0.1) is 23.8 Å². The molecule has 0 atom stereocenters. The molecule has 0 aliphatic carbocycles. The molecule has 4 rings (SSSR count). The third-order valence-corrected chi connectivity index (χ3v) is 6.41. The molecule has 1 aliphatic rings. The number of anilines is 1.